The Balaban J connectivity index is 1.97. The zero-order valence-electron chi connectivity index (χ0n) is 10.9. The van der Waals surface area contributed by atoms with Crippen LogP contribution in [0.4, 0.5) is 4.39 Å². The lowest BCUT2D eigenvalue weighted by Gasteiger charge is -2.29. The predicted molar refractivity (Wildman–Crippen MR) is 74.6 cm³/mol. The number of hydrogen-bond acceptors (Lipinski definition) is 2. The normalized spacial score (nSPS) is 17.1. The Labute approximate surface area is 120 Å². The number of piperidine rings is 1. The SMILES string of the molecule is CC(Oc1ccc(F)c(Br)c1)C(=O)N1CCCCC1. The van der Waals surface area contributed by atoms with Crippen LogP contribution in [0.25, 0.3) is 0 Å². The molecule has 104 valence electrons. The van der Waals surface area contributed by atoms with Crippen molar-refractivity contribution in [3.8, 4) is 5.75 Å². The number of ether oxygens (including phenoxy) is 1. The minimum absolute atomic E-state index is 0.000137. The molecule has 1 aromatic rings. The molecule has 0 N–H and O–H groups in total. The van der Waals surface area contributed by atoms with Crippen LogP contribution in [0, 0.1) is 5.82 Å². The van der Waals surface area contributed by atoms with Gasteiger partial charge in [0.2, 0.25) is 0 Å². The summed E-state index contributed by atoms with van der Waals surface area (Å²) in [7, 11) is 0. The zero-order chi connectivity index (χ0) is 13.8. The fourth-order valence-corrected chi connectivity index (χ4v) is 2.53. The van der Waals surface area contributed by atoms with Gasteiger partial charge in [0.15, 0.2) is 6.10 Å². The molecule has 1 heterocycles. The van der Waals surface area contributed by atoms with Crippen LogP contribution in [0.1, 0.15) is 26.2 Å². The number of likely N-dealkylation sites (tertiary alicyclic amines) is 1. The summed E-state index contributed by atoms with van der Waals surface area (Å²) in [5.41, 5.74) is 0. The number of halogens is 2. The molecular formula is C14H17BrFNO2. The molecule has 1 fully saturated rings. The molecule has 1 unspecified atom stereocenters. The molecule has 1 aliphatic heterocycles. The van der Waals surface area contributed by atoms with Gasteiger partial charge in [-0.25, -0.2) is 4.39 Å². The molecule has 0 spiro atoms. The van der Waals surface area contributed by atoms with Gasteiger partial charge in [0.25, 0.3) is 5.91 Å². The van der Waals surface area contributed by atoms with Crippen molar-refractivity contribution in [1.82, 2.24) is 4.90 Å². The molecule has 0 aliphatic carbocycles. The molecule has 1 saturated heterocycles. The maximum atomic E-state index is 13.1. The molecule has 1 atom stereocenters. The second-order valence-electron chi connectivity index (χ2n) is 4.72. The standard InChI is InChI=1S/C14H17BrFNO2/c1-10(14(18)17-7-3-2-4-8-17)19-11-5-6-13(16)12(15)9-11/h5-6,9-10H,2-4,7-8H2,1H3. The number of carbonyl (C=O) groups excluding carboxylic acids is 1. The van der Waals surface area contributed by atoms with Crippen molar-refractivity contribution in [2.45, 2.75) is 32.3 Å². The molecule has 5 heteroatoms. The Morgan fingerprint density at radius 2 is 2.05 bits per heavy atom. The lowest BCUT2D eigenvalue weighted by Crippen LogP contribution is -2.43. The van der Waals surface area contributed by atoms with Crippen molar-refractivity contribution < 1.29 is 13.9 Å². The minimum Gasteiger partial charge on any atom is -0.481 e. The maximum Gasteiger partial charge on any atom is 0.263 e. The average Bonchev–Trinajstić information content (AvgIpc) is 2.43. The van der Waals surface area contributed by atoms with Gasteiger partial charge in [0, 0.05) is 13.1 Å². The average molecular weight is 330 g/mol. The van der Waals surface area contributed by atoms with Gasteiger partial charge in [-0.3, -0.25) is 4.79 Å². The first-order chi connectivity index (χ1) is 9.08. The van der Waals surface area contributed by atoms with Gasteiger partial charge < -0.3 is 9.64 Å². The van der Waals surface area contributed by atoms with E-state index < -0.39 is 6.10 Å². The van der Waals surface area contributed by atoms with Gasteiger partial charge in [-0.05, 0) is 60.3 Å². The summed E-state index contributed by atoms with van der Waals surface area (Å²) in [5, 5.41) is 0. The summed E-state index contributed by atoms with van der Waals surface area (Å²) in [6, 6.07) is 4.38. The van der Waals surface area contributed by atoms with E-state index in [0.717, 1.165) is 25.9 Å². The van der Waals surface area contributed by atoms with Crippen molar-refractivity contribution in [2.24, 2.45) is 0 Å². The van der Waals surface area contributed by atoms with Gasteiger partial charge in [-0.1, -0.05) is 0 Å². The van der Waals surface area contributed by atoms with Gasteiger partial charge in [-0.2, -0.15) is 0 Å². The molecule has 0 aromatic heterocycles. The van der Waals surface area contributed by atoms with Crippen LogP contribution in [0.3, 0.4) is 0 Å². The Morgan fingerprint density at radius 3 is 2.68 bits per heavy atom. The highest BCUT2D eigenvalue weighted by Gasteiger charge is 2.23. The van der Waals surface area contributed by atoms with Crippen LogP contribution in [0.15, 0.2) is 22.7 Å². The van der Waals surface area contributed by atoms with Crippen LogP contribution < -0.4 is 4.74 Å². The van der Waals surface area contributed by atoms with Crippen LogP contribution in [-0.2, 0) is 4.79 Å². The fourth-order valence-electron chi connectivity index (χ4n) is 2.18. The molecular weight excluding hydrogens is 313 g/mol. The molecule has 0 saturated carbocycles. The van der Waals surface area contributed by atoms with E-state index in [9.17, 15) is 9.18 Å². The van der Waals surface area contributed by atoms with Gasteiger partial charge in [0.05, 0.1) is 4.47 Å². The quantitative estimate of drug-likeness (QED) is 0.850. The highest BCUT2D eigenvalue weighted by molar-refractivity contribution is 9.10. The summed E-state index contributed by atoms with van der Waals surface area (Å²) in [4.78, 5) is 14.0. The molecule has 0 radical (unpaired) electrons. The summed E-state index contributed by atoms with van der Waals surface area (Å²) in [5.74, 6) is 0.147. The summed E-state index contributed by atoms with van der Waals surface area (Å²) in [6.07, 6.45) is 2.75. The van der Waals surface area contributed by atoms with E-state index in [4.69, 9.17) is 4.74 Å². The Bertz CT molecular complexity index is 461. The lowest BCUT2D eigenvalue weighted by molar-refractivity contribution is -0.138. The molecule has 2 rings (SSSR count). The first-order valence-corrected chi connectivity index (χ1v) is 7.28. The van der Waals surface area contributed by atoms with Gasteiger partial charge in [0.1, 0.15) is 11.6 Å². The van der Waals surface area contributed by atoms with Gasteiger partial charge >= 0.3 is 0 Å². The second-order valence-corrected chi connectivity index (χ2v) is 5.58. The van der Waals surface area contributed by atoms with Crippen molar-refractivity contribution in [2.75, 3.05) is 13.1 Å². The Morgan fingerprint density at radius 1 is 1.37 bits per heavy atom. The zero-order valence-corrected chi connectivity index (χ0v) is 12.5. The number of benzene rings is 1. The Hall–Kier alpha value is -1.10. The predicted octanol–water partition coefficient (Wildman–Crippen LogP) is 3.37. The summed E-state index contributed by atoms with van der Waals surface area (Å²) < 4.78 is 19.0. The monoisotopic (exact) mass is 329 g/mol. The van der Waals surface area contributed by atoms with Gasteiger partial charge in [-0.15, -0.1) is 0 Å². The molecule has 1 aliphatic rings. The number of hydrogen-bond donors (Lipinski definition) is 0. The third-order valence-corrected chi connectivity index (χ3v) is 3.83. The smallest absolute Gasteiger partial charge is 0.263 e. The lowest BCUT2D eigenvalue weighted by atomic mass is 10.1. The Kier molecular flexibility index (Phi) is 4.80. The summed E-state index contributed by atoms with van der Waals surface area (Å²) in [6.45, 7) is 3.34. The highest BCUT2D eigenvalue weighted by atomic mass is 79.9. The molecule has 1 aromatic carbocycles. The van der Waals surface area contributed by atoms with E-state index in [-0.39, 0.29) is 11.7 Å². The van der Waals surface area contributed by atoms with E-state index in [1.807, 2.05) is 4.90 Å². The first-order valence-electron chi connectivity index (χ1n) is 6.48. The number of carbonyl (C=O) groups is 1. The van der Waals surface area contributed by atoms with Crippen LogP contribution in [0.2, 0.25) is 0 Å². The van der Waals surface area contributed by atoms with Crippen molar-refractivity contribution >= 4 is 21.8 Å². The van der Waals surface area contributed by atoms with Crippen LogP contribution in [0.5, 0.6) is 5.75 Å². The summed E-state index contributed by atoms with van der Waals surface area (Å²) >= 11 is 3.10. The third kappa shape index (κ3) is 3.69. The number of rotatable bonds is 3. The number of amides is 1. The topological polar surface area (TPSA) is 29.5 Å². The first kappa shape index (κ1) is 14.3. The molecule has 0 bridgehead atoms. The minimum atomic E-state index is -0.546. The molecule has 3 nitrogen and oxygen atoms in total. The van der Waals surface area contributed by atoms with Crippen molar-refractivity contribution in [3.63, 3.8) is 0 Å². The fraction of sp³-hybridized carbons (Fsp3) is 0.500. The second kappa shape index (κ2) is 6.37. The van der Waals surface area contributed by atoms with Crippen molar-refractivity contribution in [1.29, 1.82) is 0 Å². The van der Waals surface area contributed by atoms with E-state index in [2.05, 4.69) is 15.9 Å². The van der Waals surface area contributed by atoms with Crippen LogP contribution in [-0.4, -0.2) is 30.0 Å². The largest absolute Gasteiger partial charge is 0.481 e. The van der Waals surface area contributed by atoms with E-state index in [1.165, 1.54) is 24.6 Å². The van der Waals surface area contributed by atoms with E-state index in [1.54, 1.807) is 6.92 Å². The highest BCUT2D eigenvalue weighted by Crippen LogP contribution is 2.23. The molecule has 1 amide bonds. The molecule has 19 heavy (non-hydrogen) atoms. The van der Waals surface area contributed by atoms with E-state index in [0.29, 0.717) is 10.2 Å². The van der Waals surface area contributed by atoms with Crippen LogP contribution >= 0.6 is 15.9 Å². The third-order valence-electron chi connectivity index (χ3n) is 3.22. The number of nitrogens with zero attached hydrogens (tertiary/aromatic N) is 1. The van der Waals surface area contributed by atoms with E-state index >= 15 is 0 Å². The van der Waals surface area contributed by atoms with Crippen molar-refractivity contribution in [3.05, 3.63) is 28.5 Å². The maximum absolute atomic E-state index is 13.1.